The summed E-state index contributed by atoms with van der Waals surface area (Å²) in [7, 11) is 2.02. The van der Waals surface area contributed by atoms with E-state index in [1.807, 2.05) is 7.05 Å². The quantitative estimate of drug-likeness (QED) is 0.760. The van der Waals surface area contributed by atoms with E-state index < -0.39 is 0 Å². The molecule has 15 heavy (non-hydrogen) atoms. The van der Waals surface area contributed by atoms with Gasteiger partial charge in [-0.25, -0.2) is 0 Å². The van der Waals surface area contributed by atoms with Crippen LogP contribution in [0.25, 0.3) is 10.9 Å². The summed E-state index contributed by atoms with van der Waals surface area (Å²) in [5.41, 5.74) is 3.53. The van der Waals surface area contributed by atoms with E-state index in [-0.39, 0.29) is 5.56 Å². The molecule has 2 heterocycles. The summed E-state index contributed by atoms with van der Waals surface area (Å²) in [6.45, 7) is 6.45. The van der Waals surface area contributed by atoms with Gasteiger partial charge in [-0.3, -0.25) is 4.79 Å². The molecule has 0 aliphatic carbocycles. The molecule has 0 radical (unpaired) electrons. The minimum atomic E-state index is -0.0431. The smallest absolute Gasteiger partial charge is 0.250 e. The van der Waals surface area contributed by atoms with E-state index in [0.29, 0.717) is 5.92 Å². The van der Waals surface area contributed by atoms with Gasteiger partial charge in [0, 0.05) is 30.4 Å². The average molecular weight is 204 g/mol. The molecule has 0 aromatic carbocycles. The molecule has 0 amide bonds. The third-order valence-corrected chi connectivity index (χ3v) is 2.96. The van der Waals surface area contributed by atoms with E-state index >= 15 is 0 Å². The Bertz CT molecular complexity index is 561. The monoisotopic (exact) mass is 204 g/mol. The third-order valence-electron chi connectivity index (χ3n) is 2.96. The number of aryl methyl sites for hydroxylation is 2. The SMILES string of the molecule is Cc1c(C(C)C)n(C)c2cc(=O)[nH]cc12. The molecule has 3 nitrogen and oxygen atoms in total. The van der Waals surface area contributed by atoms with Crippen molar-refractivity contribution in [3.8, 4) is 0 Å². The van der Waals surface area contributed by atoms with Crippen molar-refractivity contribution in [2.75, 3.05) is 0 Å². The lowest BCUT2D eigenvalue weighted by molar-refractivity contribution is 0.748. The molecule has 0 aliphatic rings. The van der Waals surface area contributed by atoms with Gasteiger partial charge in [0.2, 0.25) is 5.56 Å². The van der Waals surface area contributed by atoms with Gasteiger partial charge in [0.1, 0.15) is 0 Å². The van der Waals surface area contributed by atoms with Crippen LogP contribution in [-0.4, -0.2) is 9.55 Å². The molecule has 3 heteroatoms. The molecule has 80 valence electrons. The molecule has 0 fully saturated rings. The normalized spacial score (nSPS) is 11.5. The molecule has 2 aromatic rings. The fourth-order valence-corrected chi connectivity index (χ4v) is 2.38. The fourth-order valence-electron chi connectivity index (χ4n) is 2.38. The van der Waals surface area contributed by atoms with Gasteiger partial charge in [-0.05, 0) is 18.4 Å². The van der Waals surface area contributed by atoms with E-state index in [1.54, 1.807) is 12.3 Å². The maximum atomic E-state index is 11.3. The molecular weight excluding hydrogens is 188 g/mol. The number of nitrogens with zero attached hydrogens (tertiary/aromatic N) is 1. The first-order valence-corrected chi connectivity index (χ1v) is 5.20. The Morgan fingerprint density at radius 1 is 1.40 bits per heavy atom. The fraction of sp³-hybridized carbons (Fsp3) is 0.417. The zero-order valence-electron chi connectivity index (χ0n) is 9.59. The Morgan fingerprint density at radius 2 is 2.07 bits per heavy atom. The van der Waals surface area contributed by atoms with E-state index in [4.69, 9.17) is 0 Å². The summed E-state index contributed by atoms with van der Waals surface area (Å²) in [4.78, 5) is 14.0. The number of H-pyrrole nitrogens is 1. The van der Waals surface area contributed by atoms with Crippen LogP contribution >= 0.6 is 0 Å². The summed E-state index contributed by atoms with van der Waals surface area (Å²) in [6, 6.07) is 1.66. The predicted octanol–water partition coefficient (Wildman–Crippen LogP) is 2.30. The van der Waals surface area contributed by atoms with Crippen molar-refractivity contribution in [3.05, 3.63) is 33.9 Å². The highest BCUT2D eigenvalue weighted by atomic mass is 16.1. The second-order valence-electron chi connectivity index (χ2n) is 4.32. The topological polar surface area (TPSA) is 37.8 Å². The van der Waals surface area contributed by atoms with Crippen molar-refractivity contribution < 1.29 is 0 Å². The zero-order chi connectivity index (χ0) is 11.2. The highest BCUT2D eigenvalue weighted by molar-refractivity contribution is 5.84. The van der Waals surface area contributed by atoms with Gasteiger partial charge >= 0.3 is 0 Å². The van der Waals surface area contributed by atoms with Crippen LogP contribution in [-0.2, 0) is 7.05 Å². The number of aromatic nitrogens is 2. The van der Waals surface area contributed by atoms with Crippen molar-refractivity contribution in [1.29, 1.82) is 0 Å². The Hall–Kier alpha value is -1.51. The number of nitrogens with one attached hydrogen (secondary N) is 1. The first-order chi connectivity index (χ1) is 7.02. The second-order valence-corrected chi connectivity index (χ2v) is 4.32. The number of rotatable bonds is 1. The van der Waals surface area contributed by atoms with Gasteiger partial charge < -0.3 is 9.55 Å². The molecule has 2 aromatic heterocycles. The molecule has 2 rings (SSSR count). The Morgan fingerprint density at radius 3 is 2.67 bits per heavy atom. The highest BCUT2D eigenvalue weighted by Crippen LogP contribution is 2.27. The van der Waals surface area contributed by atoms with E-state index in [0.717, 1.165) is 10.9 Å². The first kappa shape index (κ1) is 10.0. The van der Waals surface area contributed by atoms with Crippen LogP contribution < -0.4 is 5.56 Å². The summed E-state index contributed by atoms with van der Waals surface area (Å²) in [5.74, 6) is 0.470. The predicted molar refractivity (Wildman–Crippen MR) is 62.4 cm³/mol. The molecule has 1 N–H and O–H groups in total. The van der Waals surface area contributed by atoms with Crippen molar-refractivity contribution in [3.63, 3.8) is 0 Å². The maximum Gasteiger partial charge on any atom is 0.250 e. The number of hydrogen-bond acceptors (Lipinski definition) is 1. The number of pyridine rings is 1. The minimum absolute atomic E-state index is 0.0431. The summed E-state index contributed by atoms with van der Waals surface area (Å²) >= 11 is 0. The van der Waals surface area contributed by atoms with Crippen LogP contribution in [0.1, 0.15) is 31.0 Å². The lowest BCUT2D eigenvalue weighted by Crippen LogP contribution is -2.04. The standard InChI is InChI=1S/C12H16N2O/c1-7(2)12-8(3)9-6-13-11(15)5-10(9)14(12)4/h5-7H,1-4H3,(H,13,15). The van der Waals surface area contributed by atoms with Crippen LogP contribution in [0.15, 0.2) is 17.1 Å². The largest absolute Gasteiger partial charge is 0.347 e. The molecular formula is C12H16N2O. The maximum absolute atomic E-state index is 11.3. The average Bonchev–Trinajstić information content (AvgIpc) is 2.39. The van der Waals surface area contributed by atoms with Crippen molar-refractivity contribution in [2.24, 2.45) is 7.05 Å². The second kappa shape index (κ2) is 3.26. The van der Waals surface area contributed by atoms with Crippen molar-refractivity contribution in [1.82, 2.24) is 9.55 Å². The first-order valence-electron chi connectivity index (χ1n) is 5.20. The summed E-state index contributed by atoms with van der Waals surface area (Å²) in [6.07, 6.45) is 1.80. The van der Waals surface area contributed by atoms with Gasteiger partial charge in [0.05, 0.1) is 5.52 Å². The van der Waals surface area contributed by atoms with Crippen LogP contribution in [0, 0.1) is 6.92 Å². The zero-order valence-corrected chi connectivity index (χ0v) is 9.59. The van der Waals surface area contributed by atoms with Crippen LogP contribution in [0.5, 0.6) is 0 Å². The van der Waals surface area contributed by atoms with Gasteiger partial charge in [-0.1, -0.05) is 13.8 Å². The van der Waals surface area contributed by atoms with Gasteiger partial charge in [-0.2, -0.15) is 0 Å². The molecule has 0 unspecified atom stereocenters. The molecule has 0 atom stereocenters. The van der Waals surface area contributed by atoms with Crippen LogP contribution in [0.4, 0.5) is 0 Å². The molecule has 0 bridgehead atoms. The Kier molecular flexibility index (Phi) is 2.18. The Balaban J connectivity index is 2.91. The summed E-state index contributed by atoms with van der Waals surface area (Å²) < 4.78 is 2.12. The van der Waals surface area contributed by atoms with Crippen molar-refractivity contribution in [2.45, 2.75) is 26.7 Å². The minimum Gasteiger partial charge on any atom is -0.347 e. The molecule has 0 saturated heterocycles. The molecule has 0 saturated carbocycles. The molecule has 0 aliphatic heterocycles. The lowest BCUT2D eigenvalue weighted by Gasteiger charge is -2.08. The van der Waals surface area contributed by atoms with Gasteiger partial charge in [-0.15, -0.1) is 0 Å². The van der Waals surface area contributed by atoms with Crippen LogP contribution in [0.2, 0.25) is 0 Å². The summed E-state index contributed by atoms with van der Waals surface area (Å²) in [5, 5.41) is 1.14. The van der Waals surface area contributed by atoms with E-state index in [1.165, 1.54) is 11.3 Å². The van der Waals surface area contributed by atoms with Crippen LogP contribution in [0.3, 0.4) is 0 Å². The number of fused-ring (bicyclic) bond motifs is 1. The highest BCUT2D eigenvalue weighted by Gasteiger charge is 2.14. The Labute approximate surface area is 88.7 Å². The molecule has 0 spiro atoms. The van der Waals surface area contributed by atoms with E-state index in [2.05, 4.69) is 30.3 Å². The van der Waals surface area contributed by atoms with Gasteiger partial charge in [0.25, 0.3) is 0 Å². The number of aromatic amines is 1. The lowest BCUT2D eigenvalue weighted by atomic mass is 10.1. The van der Waals surface area contributed by atoms with Gasteiger partial charge in [0.15, 0.2) is 0 Å². The van der Waals surface area contributed by atoms with E-state index in [9.17, 15) is 4.79 Å². The third kappa shape index (κ3) is 1.39. The van der Waals surface area contributed by atoms with Crippen molar-refractivity contribution >= 4 is 10.9 Å². The number of hydrogen-bond donors (Lipinski definition) is 1.